The maximum atomic E-state index is 13.8. The predicted octanol–water partition coefficient (Wildman–Crippen LogP) is 4.05. The minimum absolute atomic E-state index is 0.183. The van der Waals surface area contributed by atoms with E-state index in [0.717, 1.165) is 4.47 Å². The van der Waals surface area contributed by atoms with Crippen molar-refractivity contribution in [3.8, 4) is 11.5 Å². The molecule has 0 saturated heterocycles. The molecule has 0 N–H and O–H groups in total. The molecule has 10 heteroatoms. The average Bonchev–Trinajstić information content (AvgIpc) is 3.18. The van der Waals surface area contributed by atoms with Gasteiger partial charge in [0.2, 0.25) is 0 Å². The van der Waals surface area contributed by atoms with Crippen LogP contribution in [0.4, 0.5) is 0 Å². The summed E-state index contributed by atoms with van der Waals surface area (Å²) in [4.78, 5) is 43.5. The predicted molar refractivity (Wildman–Crippen MR) is 148 cm³/mol. The summed E-state index contributed by atoms with van der Waals surface area (Å²) in [6.07, 6.45) is 3.30. The number of carbonyl (C=O) groups is 2. The Morgan fingerprint density at radius 2 is 1.95 bits per heavy atom. The molecule has 0 bridgehead atoms. The van der Waals surface area contributed by atoms with Gasteiger partial charge >= 0.3 is 11.9 Å². The highest BCUT2D eigenvalue weighted by atomic mass is 79.9. The molecule has 0 amide bonds. The normalized spacial score (nSPS) is 14.9. The van der Waals surface area contributed by atoms with Crippen LogP contribution in [0.1, 0.15) is 37.9 Å². The van der Waals surface area contributed by atoms with Crippen LogP contribution in [0.15, 0.2) is 80.6 Å². The minimum atomic E-state index is -0.753. The Morgan fingerprint density at radius 3 is 2.61 bits per heavy atom. The van der Waals surface area contributed by atoms with Crippen molar-refractivity contribution in [2.45, 2.75) is 26.8 Å². The summed E-state index contributed by atoms with van der Waals surface area (Å²) in [5.41, 5.74) is 1.66. The molecule has 1 aliphatic heterocycles. The summed E-state index contributed by atoms with van der Waals surface area (Å²) in [6, 6.07) is 11.6. The summed E-state index contributed by atoms with van der Waals surface area (Å²) in [7, 11) is 0. The lowest BCUT2D eigenvalue weighted by molar-refractivity contribution is -0.139. The van der Waals surface area contributed by atoms with Gasteiger partial charge in [-0.3, -0.25) is 14.2 Å². The van der Waals surface area contributed by atoms with Crippen molar-refractivity contribution >= 4 is 45.3 Å². The van der Waals surface area contributed by atoms with E-state index in [9.17, 15) is 14.4 Å². The molecule has 38 heavy (non-hydrogen) atoms. The van der Waals surface area contributed by atoms with Gasteiger partial charge in [0.1, 0.15) is 18.1 Å². The molecule has 0 saturated carbocycles. The van der Waals surface area contributed by atoms with Crippen LogP contribution in [0.25, 0.3) is 6.08 Å². The van der Waals surface area contributed by atoms with Crippen LogP contribution in [0, 0.1) is 0 Å². The van der Waals surface area contributed by atoms with E-state index in [1.54, 1.807) is 56.3 Å². The second-order valence-electron chi connectivity index (χ2n) is 8.25. The minimum Gasteiger partial charge on any atom is -0.490 e. The van der Waals surface area contributed by atoms with Crippen molar-refractivity contribution in [3.63, 3.8) is 0 Å². The van der Waals surface area contributed by atoms with E-state index in [1.165, 1.54) is 22.8 Å². The van der Waals surface area contributed by atoms with Crippen molar-refractivity contribution in [2.75, 3.05) is 13.2 Å². The van der Waals surface area contributed by atoms with Crippen LogP contribution in [0.3, 0.4) is 0 Å². The van der Waals surface area contributed by atoms with E-state index in [0.29, 0.717) is 44.3 Å². The van der Waals surface area contributed by atoms with Gasteiger partial charge in [-0.05, 0) is 55.8 Å². The van der Waals surface area contributed by atoms with Gasteiger partial charge in [-0.1, -0.05) is 52.1 Å². The van der Waals surface area contributed by atoms with Gasteiger partial charge in [0.25, 0.3) is 5.56 Å². The third-order valence-corrected chi connectivity index (χ3v) is 7.07. The standard InChI is InChI=1S/C28H25BrN2O6S/c1-5-13-36-21-10-7-18(8-11-21)25-24(27(34)35-6-2)16(3)30-28-31(25)26(33)23(38-28)15-19-14-20(29)9-12-22(19)37-17(4)32/h5,7-12,14-15,25H,1,6,13H2,2-4H3/b23-15-/t25-/m0/s1. The fourth-order valence-electron chi connectivity index (χ4n) is 4.03. The van der Waals surface area contributed by atoms with Crippen molar-refractivity contribution < 1.29 is 23.8 Å². The number of allylic oxidation sites excluding steroid dienone is 1. The van der Waals surface area contributed by atoms with Crippen LogP contribution < -0.4 is 24.4 Å². The van der Waals surface area contributed by atoms with Crippen molar-refractivity contribution in [1.82, 2.24) is 4.57 Å². The van der Waals surface area contributed by atoms with E-state index >= 15 is 0 Å². The molecule has 1 aromatic heterocycles. The summed E-state index contributed by atoms with van der Waals surface area (Å²) in [6.45, 7) is 8.96. The zero-order valence-electron chi connectivity index (χ0n) is 21.0. The maximum absolute atomic E-state index is 13.8. The monoisotopic (exact) mass is 596 g/mol. The maximum Gasteiger partial charge on any atom is 0.338 e. The van der Waals surface area contributed by atoms with Crippen LogP contribution in [0.5, 0.6) is 11.5 Å². The number of rotatable bonds is 8. The molecule has 0 fully saturated rings. The molecule has 2 heterocycles. The van der Waals surface area contributed by atoms with Gasteiger partial charge in [0.05, 0.1) is 28.5 Å². The van der Waals surface area contributed by atoms with E-state index in [2.05, 4.69) is 27.5 Å². The van der Waals surface area contributed by atoms with Crippen LogP contribution in [-0.2, 0) is 14.3 Å². The largest absolute Gasteiger partial charge is 0.490 e. The Labute approximate surface area is 231 Å². The topological polar surface area (TPSA) is 96.2 Å². The lowest BCUT2D eigenvalue weighted by atomic mass is 9.96. The molecular weight excluding hydrogens is 572 g/mol. The van der Waals surface area contributed by atoms with E-state index < -0.39 is 18.0 Å². The SMILES string of the molecule is C=CCOc1ccc([C@H]2C(C(=O)OCC)=C(C)N=c3s/c(=C\c4cc(Br)ccc4OC(C)=O)c(=O)n32)cc1. The number of thiazole rings is 1. The summed E-state index contributed by atoms with van der Waals surface area (Å²) < 4.78 is 18.9. The molecule has 0 radical (unpaired) electrons. The highest BCUT2D eigenvalue weighted by molar-refractivity contribution is 9.10. The van der Waals surface area contributed by atoms with Gasteiger partial charge in [-0.2, -0.15) is 0 Å². The molecule has 3 aromatic rings. The third kappa shape index (κ3) is 5.71. The Balaban J connectivity index is 1.91. The number of hydrogen-bond donors (Lipinski definition) is 0. The number of benzene rings is 2. The fourth-order valence-corrected chi connectivity index (χ4v) is 5.45. The molecule has 0 unspecified atom stereocenters. The quantitative estimate of drug-likeness (QED) is 0.221. The molecule has 2 aromatic carbocycles. The smallest absolute Gasteiger partial charge is 0.338 e. The first-order valence-corrected chi connectivity index (χ1v) is 13.4. The number of aromatic nitrogens is 1. The summed E-state index contributed by atoms with van der Waals surface area (Å²) in [5.74, 6) is -0.0588. The fraction of sp³-hybridized carbons (Fsp3) is 0.214. The first-order valence-electron chi connectivity index (χ1n) is 11.7. The lowest BCUT2D eigenvalue weighted by Crippen LogP contribution is -2.39. The number of nitrogens with zero attached hydrogens (tertiary/aromatic N) is 2. The zero-order valence-corrected chi connectivity index (χ0v) is 23.4. The summed E-state index contributed by atoms with van der Waals surface area (Å²) >= 11 is 4.61. The zero-order chi connectivity index (χ0) is 27.4. The second kappa shape index (κ2) is 11.7. The number of ether oxygens (including phenoxy) is 3. The van der Waals surface area contributed by atoms with Crippen molar-refractivity contribution in [2.24, 2.45) is 4.99 Å². The first kappa shape index (κ1) is 27.3. The van der Waals surface area contributed by atoms with Crippen molar-refractivity contribution in [3.05, 3.63) is 102 Å². The van der Waals surface area contributed by atoms with Gasteiger partial charge in [0, 0.05) is 17.0 Å². The van der Waals surface area contributed by atoms with Gasteiger partial charge < -0.3 is 14.2 Å². The number of hydrogen-bond acceptors (Lipinski definition) is 8. The Morgan fingerprint density at radius 1 is 1.21 bits per heavy atom. The number of esters is 2. The van der Waals surface area contributed by atoms with Gasteiger partial charge in [0.15, 0.2) is 4.80 Å². The number of fused-ring (bicyclic) bond motifs is 1. The number of halogens is 1. The highest BCUT2D eigenvalue weighted by Crippen LogP contribution is 2.32. The van der Waals surface area contributed by atoms with Gasteiger partial charge in [-0.25, -0.2) is 9.79 Å². The van der Waals surface area contributed by atoms with Crippen LogP contribution in [-0.4, -0.2) is 29.7 Å². The van der Waals surface area contributed by atoms with E-state index in [-0.39, 0.29) is 17.7 Å². The van der Waals surface area contributed by atoms with E-state index in [1.807, 2.05) is 12.1 Å². The number of carbonyl (C=O) groups excluding carboxylic acids is 2. The highest BCUT2D eigenvalue weighted by Gasteiger charge is 2.33. The van der Waals surface area contributed by atoms with E-state index in [4.69, 9.17) is 14.2 Å². The average molecular weight is 597 g/mol. The Hall–Kier alpha value is -3.76. The molecule has 8 nitrogen and oxygen atoms in total. The molecule has 0 spiro atoms. The van der Waals surface area contributed by atoms with Crippen LogP contribution >= 0.6 is 27.3 Å². The molecule has 196 valence electrons. The molecule has 1 atom stereocenters. The Bertz CT molecular complexity index is 1620. The van der Waals surface area contributed by atoms with Gasteiger partial charge in [-0.15, -0.1) is 0 Å². The second-order valence-corrected chi connectivity index (χ2v) is 10.2. The molecular formula is C28H25BrN2O6S. The van der Waals surface area contributed by atoms with Crippen LogP contribution in [0.2, 0.25) is 0 Å². The first-order chi connectivity index (χ1) is 18.2. The van der Waals surface area contributed by atoms with Crippen molar-refractivity contribution in [1.29, 1.82) is 0 Å². The summed E-state index contributed by atoms with van der Waals surface area (Å²) in [5, 5.41) is 0. The third-order valence-electron chi connectivity index (χ3n) is 5.59. The molecule has 4 rings (SSSR count). The lowest BCUT2D eigenvalue weighted by Gasteiger charge is -2.24. The Kier molecular flexibility index (Phi) is 8.43. The molecule has 0 aliphatic carbocycles. The molecule has 1 aliphatic rings.